The van der Waals surface area contributed by atoms with Gasteiger partial charge in [-0.3, -0.25) is 9.59 Å². The summed E-state index contributed by atoms with van der Waals surface area (Å²) in [6.45, 7) is 4.03. The monoisotopic (exact) mass is 1140 g/mol. The fraction of sp³-hybridized carbons (Fsp3) is 0.714. The summed E-state index contributed by atoms with van der Waals surface area (Å²) < 4.78 is 10.7. The van der Waals surface area contributed by atoms with Gasteiger partial charge in [0, 0.05) is 12.8 Å². The number of aliphatic hydroxyl groups is 1. The Labute approximate surface area is 509 Å². The Bertz CT molecular complexity index is 1620. The van der Waals surface area contributed by atoms with Gasteiger partial charge in [0.2, 0.25) is 0 Å². The highest BCUT2D eigenvalue weighted by Gasteiger charge is 2.16. The number of hydrogen-bond acceptors (Lipinski definition) is 5. The molecular formula is C77H132O5. The van der Waals surface area contributed by atoms with Gasteiger partial charge in [0.25, 0.3) is 0 Å². The maximum absolute atomic E-state index is 12.4. The third-order valence-electron chi connectivity index (χ3n) is 15.2. The average molecular weight is 1140 g/mol. The van der Waals surface area contributed by atoms with Gasteiger partial charge in [-0.2, -0.15) is 0 Å². The van der Waals surface area contributed by atoms with E-state index >= 15 is 0 Å². The van der Waals surface area contributed by atoms with Crippen LogP contribution in [0.25, 0.3) is 0 Å². The molecule has 0 saturated carbocycles. The minimum atomic E-state index is -0.786. The number of ether oxygens (including phenoxy) is 2. The summed E-state index contributed by atoms with van der Waals surface area (Å²) in [5.74, 6) is -0.597. The second-order valence-corrected chi connectivity index (χ2v) is 23.2. The van der Waals surface area contributed by atoms with Crippen molar-refractivity contribution in [2.24, 2.45) is 0 Å². The minimum absolute atomic E-state index is 0.0736. The first-order valence-electron chi connectivity index (χ1n) is 35.1. The molecule has 0 saturated heterocycles. The van der Waals surface area contributed by atoms with Crippen LogP contribution in [0.1, 0.15) is 335 Å². The lowest BCUT2D eigenvalue weighted by Gasteiger charge is -2.15. The molecule has 470 valence electrons. The van der Waals surface area contributed by atoms with Crippen LogP contribution in [-0.2, 0) is 19.1 Å². The molecule has 0 aromatic carbocycles. The number of carbonyl (C=O) groups excluding carboxylic acids is 2. The number of unbranched alkanes of at least 4 members (excludes halogenated alkanes) is 36. The van der Waals surface area contributed by atoms with Gasteiger partial charge in [-0.1, -0.05) is 334 Å². The molecule has 0 aromatic rings. The lowest BCUT2D eigenvalue weighted by Crippen LogP contribution is -2.28. The molecule has 0 rings (SSSR count). The average Bonchev–Trinajstić information content (AvgIpc) is 3.49. The van der Waals surface area contributed by atoms with Crippen LogP contribution in [0.15, 0.2) is 122 Å². The van der Waals surface area contributed by atoms with Crippen LogP contribution in [-0.4, -0.2) is 36.4 Å². The molecular weight excluding hydrogens is 1000 g/mol. The van der Waals surface area contributed by atoms with Gasteiger partial charge < -0.3 is 14.6 Å². The third-order valence-corrected chi connectivity index (χ3v) is 15.2. The second-order valence-electron chi connectivity index (χ2n) is 23.2. The minimum Gasteiger partial charge on any atom is -0.462 e. The van der Waals surface area contributed by atoms with Crippen LogP contribution < -0.4 is 0 Å². The van der Waals surface area contributed by atoms with E-state index in [-0.39, 0.29) is 25.2 Å². The summed E-state index contributed by atoms with van der Waals surface area (Å²) in [6, 6.07) is 0. The summed E-state index contributed by atoms with van der Waals surface area (Å²) in [4.78, 5) is 24.6. The third kappa shape index (κ3) is 68.8. The van der Waals surface area contributed by atoms with Gasteiger partial charge in [0.15, 0.2) is 6.10 Å². The van der Waals surface area contributed by atoms with E-state index in [1.807, 2.05) is 0 Å². The molecule has 0 amide bonds. The van der Waals surface area contributed by atoms with Crippen LogP contribution in [0.2, 0.25) is 0 Å². The zero-order chi connectivity index (χ0) is 59.1. The Morgan fingerprint density at radius 3 is 0.793 bits per heavy atom. The molecule has 5 heteroatoms. The molecule has 82 heavy (non-hydrogen) atoms. The van der Waals surface area contributed by atoms with Crippen LogP contribution in [0.5, 0.6) is 0 Å². The number of aliphatic hydroxyl groups excluding tert-OH is 1. The summed E-state index contributed by atoms with van der Waals surface area (Å²) in [6.07, 6.45) is 105. The van der Waals surface area contributed by atoms with Crippen molar-refractivity contribution in [3.63, 3.8) is 0 Å². The molecule has 0 heterocycles. The van der Waals surface area contributed by atoms with E-state index in [0.29, 0.717) is 12.8 Å². The molecule has 0 aliphatic carbocycles. The fourth-order valence-electron chi connectivity index (χ4n) is 10.0. The largest absolute Gasteiger partial charge is 0.462 e. The quantitative estimate of drug-likeness (QED) is 0.0373. The molecule has 1 N–H and O–H groups in total. The van der Waals surface area contributed by atoms with E-state index in [4.69, 9.17) is 9.47 Å². The Kier molecular flexibility index (Phi) is 68.3. The van der Waals surface area contributed by atoms with Crippen molar-refractivity contribution in [3.05, 3.63) is 122 Å². The first-order valence-corrected chi connectivity index (χ1v) is 35.1. The maximum atomic E-state index is 12.4. The predicted octanol–water partition coefficient (Wildman–Crippen LogP) is 24.5. The van der Waals surface area contributed by atoms with Crippen LogP contribution in [0, 0.1) is 0 Å². The van der Waals surface area contributed by atoms with E-state index in [0.717, 1.165) is 103 Å². The van der Waals surface area contributed by atoms with E-state index in [9.17, 15) is 14.7 Å². The molecule has 0 aromatic heterocycles. The van der Waals surface area contributed by atoms with Crippen molar-refractivity contribution in [2.45, 2.75) is 341 Å². The van der Waals surface area contributed by atoms with Crippen molar-refractivity contribution in [3.8, 4) is 0 Å². The van der Waals surface area contributed by atoms with Gasteiger partial charge in [0.1, 0.15) is 6.61 Å². The van der Waals surface area contributed by atoms with E-state index in [1.54, 1.807) is 0 Å². The normalized spacial score (nSPS) is 13.0. The Morgan fingerprint density at radius 1 is 0.293 bits per heavy atom. The van der Waals surface area contributed by atoms with E-state index < -0.39 is 6.10 Å². The smallest absolute Gasteiger partial charge is 0.306 e. The van der Waals surface area contributed by atoms with Crippen molar-refractivity contribution in [1.29, 1.82) is 0 Å². The van der Waals surface area contributed by atoms with Gasteiger partial charge >= 0.3 is 11.9 Å². The zero-order valence-electron chi connectivity index (χ0n) is 54.0. The molecule has 1 atom stereocenters. The first kappa shape index (κ1) is 78.3. The SMILES string of the molecule is CC/C=C\C/C=C\C/C=C\C/C=C\C/C=C\C/C=C\C/C=C\CCCCCCCCCC(=O)OC(CO)COC(=O)CCCCCCCCCCCCCCCCCCCCCCCCCC/C=C\C/C=C\C/C=C\CCCCCCC. The number of carbonyl (C=O) groups is 2. The highest BCUT2D eigenvalue weighted by Crippen LogP contribution is 2.17. The Morgan fingerprint density at radius 2 is 0.524 bits per heavy atom. The summed E-state index contributed by atoms with van der Waals surface area (Å²) in [5.41, 5.74) is 0. The number of rotatable bonds is 64. The van der Waals surface area contributed by atoms with Gasteiger partial charge in [0.05, 0.1) is 6.61 Å². The van der Waals surface area contributed by atoms with Crippen molar-refractivity contribution >= 4 is 11.9 Å². The van der Waals surface area contributed by atoms with Crippen LogP contribution in [0.3, 0.4) is 0 Å². The highest BCUT2D eigenvalue weighted by molar-refractivity contribution is 5.70. The molecule has 1 unspecified atom stereocenters. The molecule has 5 nitrogen and oxygen atoms in total. The molecule has 0 aliphatic heterocycles. The summed E-state index contributed by atoms with van der Waals surface area (Å²) >= 11 is 0. The van der Waals surface area contributed by atoms with Crippen LogP contribution >= 0.6 is 0 Å². The predicted molar refractivity (Wildman–Crippen MR) is 362 cm³/mol. The van der Waals surface area contributed by atoms with E-state index in [2.05, 4.69) is 135 Å². The lowest BCUT2D eigenvalue weighted by molar-refractivity contribution is -0.161. The Hall–Kier alpha value is -3.70. The van der Waals surface area contributed by atoms with Gasteiger partial charge in [-0.05, 0) is 109 Å². The summed E-state index contributed by atoms with van der Waals surface area (Å²) in [7, 11) is 0. The Balaban J connectivity index is 3.47. The lowest BCUT2D eigenvalue weighted by atomic mass is 10.0. The van der Waals surface area contributed by atoms with Crippen molar-refractivity contribution in [1.82, 2.24) is 0 Å². The molecule has 0 fully saturated rings. The number of esters is 2. The summed E-state index contributed by atoms with van der Waals surface area (Å²) in [5, 5.41) is 9.70. The number of hydrogen-bond donors (Lipinski definition) is 1. The fourth-order valence-corrected chi connectivity index (χ4v) is 10.0. The molecule has 0 spiro atoms. The van der Waals surface area contributed by atoms with Crippen molar-refractivity contribution in [2.75, 3.05) is 13.2 Å². The molecule has 0 bridgehead atoms. The second kappa shape index (κ2) is 71.6. The highest BCUT2D eigenvalue weighted by atomic mass is 16.6. The first-order chi connectivity index (χ1) is 40.6. The standard InChI is InChI=1S/C77H132O5/c1-3-5-7-9-11-13-15-17-19-21-23-25-27-29-31-33-34-35-36-37-38-39-40-41-42-44-45-47-49-51-53-55-57-59-61-63-65-67-69-71-76(79)81-74-75(73-78)82-77(80)72-70-68-66-64-62-60-58-56-54-52-50-48-46-43-32-30-28-26-24-22-20-18-16-14-12-10-8-6-4-2/h6,8,12,14-15,17-18,20-21,23-24,26-27,29-30,32,46,48,52,54,75,78H,3-5,7,9-11,13,16,19,22,25,28,31,33-45,47,49-51,53,55-74H2,1-2H3/b8-6-,14-12-,17-15-,20-18-,23-21-,26-24-,29-27-,32-30-,48-46-,54-52-. The van der Waals surface area contributed by atoms with E-state index in [1.165, 1.54) is 205 Å². The zero-order valence-corrected chi connectivity index (χ0v) is 54.0. The topological polar surface area (TPSA) is 72.8 Å². The van der Waals surface area contributed by atoms with Crippen molar-refractivity contribution < 1.29 is 24.2 Å². The van der Waals surface area contributed by atoms with Crippen LogP contribution in [0.4, 0.5) is 0 Å². The maximum Gasteiger partial charge on any atom is 0.306 e. The number of allylic oxidation sites excluding steroid dienone is 20. The molecule has 0 aliphatic rings. The van der Waals surface area contributed by atoms with Gasteiger partial charge in [-0.25, -0.2) is 0 Å². The molecule has 0 radical (unpaired) electrons. The van der Waals surface area contributed by atoms with Gasteiger partial charge in [-0.15, -0.1) is 0 Å².